The highest BCUT2D eigenvalue weighted by atomic mass is 32.1. The van der Waals surface area contributed by atoms with Gasteiger partial charge in [0.1, 0.15) is 5.75 Å². The summed E-state index contributed by atoms with van der Waals surface area (Å²) >= 11 is 5.62. The Morgan fingerprint density at radius 1 is 1.11 bits per heavy atom. The molecule has 0 spiro atoms. The number of hydrogen-bond acceptors (Lipinski definition) is 3. The fourth-order valence-corrected chi connectivity index (χ4v) is 3.43. The molecule has 0 aliphatic carbocycles. The van der Waals surface area contributed by atoms with E-state index in [1.807, 2.05) is 24.3 Å². The minimum absolute atomic E-state index is 0.794. The van der Waals surface area contributed by atoms with E-state index in [1.165, 1.54) is 5.56 Å². The molecule has 5 heteroatoms. The van der Waals surface area contributed by atoms with Crippen molar-refractivity contribution in [3.05, 3.63) is 65.7 Å². The summed E-state index contributed by atoms with van der Waals surface area (Å²) in [6.07, 6.45) is 4.42. The molecule has 1 saturated heterocycles. The zero-order valence-electron chi connectivity index (χ0n) is 16.0. The van der Waals surface area contributed by atoms with Crippen LogP contribution in [0.15, 0.2) is 54.6 Å². The van der Waals surface area contributed by atoms with Crippen LogP contribution in [0.1, 0.15) is 11.1 Å². The van der Waals surface area contributed by atoms with Gasteiger partial charge in [0.05, 0.1) is 7.11 Å². The second-order valence-corrected chi connectivity index (χ2v) is 7.10. The Bertz CT molecular complexity index is 783. The van der Waals surface area contributed by atoms with E-state index in [0.717, 1.165) is 54.8 Å². The zero-order chi connectivity index (χ0) is 19.1. The summed E-state index contributed by atoms with van der Waals surface area (Å²) < 4.78 is 5.26. The molecule has 0 amide bonds. The third-order valence-corrected chi connectivity index (χ3v) is 5.17. The van der Waals surface area contributed by atoms with Crippen molar-refractivity contribution < 1.29 is 4.74 Å². The summed E-state index contributed by atoms with van der Waals surface area (Å²) in [6.45, 7) is 6.95. The lowest BCUT2D eigenvalue weighted by molar-refractivity contribution is 0.200. The first-order valence-corrected chi connectivity index (χ1v) is 9.71. The van der Waals surface area contributed by atoms with E-state index < -0.39 is 0 Å². The molecule has 1 aliphatic heterocycles. The molecule has 4 nitrogen and oxygen atoms in total. The van der Waals surface area contributed by atoms with Crippen LogP contribution >= 0.6 is 12.2 Å². The van der Waals surface area contributed by atoms with Crippen LogP contribution < -0.4 is 10.1 Å². The SMILES string of the molecule is COc1ccc(NC(=S)N2CCN(CC=Cc3ccccc3)CC2)c(C)c1. The number of aryl methyl sites for hydroxylation is 1. The number of nitrogens with zero attached hydrogens (tertiary/aromatic N) is 2. The van der Waals surface area contributed by atoms with Gasteiger partial charge in [0, 0.05) is 38.4 Å². The number of piperazine rings is 1. The van der Waals surface area contributed by atoms with Crippen LogP contribution in [0, 0.1) is 6.92 Å². The fraction of sp³-hybridized carbons (Fsp3) is 0.318. The van der Waals surface area contributed by atoms with E-state index in [4.69, 9.17) is 17.0 Å². The van der Waals surface area contributed by atoms with Crippen molar-refractivity contribution in [3.8, 4) is 5.75 Å². The van der Waals surface area contributed by atoms with Gasteiger partial charge in [-0.3, -0.25) is 4.90 Å². The predicted molar refractivity (Wildman–Crippen MR) is 117 cm³/mol. The maximum atomic E-state index is 5.62. The maximum absolute atomic E-state index is 5.62. The highest BCUT2D eigenvalue weighted by molar-refractivity contribution is 7.80. The van der Waals surface area contributed by atoms with E-state index in [1.54, 1.807) is 7.11 Å². The first-order chi connectivity index (χ1) is 13.2. The highest BCUT2D eigenvalue weighted by Gasteiger charge is 2.18. The lowest BCUT2D eigenvalue weighted by Gasteiger charge is -2.35. The molecule has 1 aliphatic rings. The van der Waals surface area contributed by atoms with Crippen LogP contribution in [0.5, 0.6) is 5.75 Å². The van der Waals surface area contributed by atoms with Crippen molar-refractivity contribution in [2.75, 3.05) is 45.2 Å². The molecule has 0 unspecified atom stereocenters. The monoisotopic (exact) mass is 381 g/mol. The highest BCUT2D eigenvalue weighted by Crippen LogP contribution is 2.21. The predicted octanol–water partition coefficient (Wildman–Crippen LogP) is 4.03. The minimum atomic E-state index is 0.794. The number of methoxy groups -OCH3 is 1. The Hall–Kier alpha value is -2.37. The number of thiocarbonyl (C=S) groups is 1. The number of hydrogen-bond donors (Lipinski definition) is 1. The normalized spacial score (nSPS) is 15.1. The number of nitrogens with one attached hydrogen (secondary N) is 1. The van der Waals surface area contributed by atoms with E-state index in [-0.39, 0.29) is 0 Å². The standard InChI is InChI=1S/C22H27N3OS/c1-18-17-20(26-2)10-11-21(18)23-22(27)25-15-13-24(14-16-25)12-6-9-19-7-4-3-5-8-19/h3-11,17H,12-16H2,1-2H3,(H,23,27). The van der Waals surface area contributed by atoms with Gasteiger partial charge in [0.25, 0.3) is 0 Å². The van der Waals surface area contributed by atoms with Crippen LogP contribution in [0.2, 0.25) is 0 Å². The van der Waals surface area contributed by atoms with E-state index in [2.05, 4.69) is 58.5 Å². The number of benzene rings is 2. The van der Waals surface area contributed by atoms with Gasteiger partial charge in [-0.25, -0.2) is 0 Å². The van der Waals surface area contributed by atoms with Crippen molar-refractivity contribution in [1.29, 1.82) is 0 Å². The number of rotatable bonds is 5. The average molecular weight is 382 g/mol. The van der Waals surface area contributed by atoms with Crippen molar-refractivity contribution in [1.82, 2.24) is 9.80 Å². The van der Waals surface area contributed by atoms with Crippen LogP contribution in [-0.2, 0) is 0 Å². The lowest BCUT2D eigenvalue weighted by atomic mass is 10.2. The molecule has 142 valence electrons. The topological polar surface area (TPSA) is 27.7 Å². The van der Waals surface area contributed by atoms with Crippen LogP contribution in [0.25, 0.3) is 6.08 Å². The molecular formula is C22H27N3OS. The van der Waals surface area contributed by atoms with Crippen molar-refractivity contribution in [2.45, 2.75) is 6.92 Å². The maximum Gasteiger partial charge on any atom is 0.173 e. The summed E-state index contributed by atoms with van der Waals surface area (Å²) in [6, 6.07) is 16.4. The first kappa shape index (κ1) is 19.4. The molecule has 3 rings (SSSR count). The van der Waals surface area contributed by atoms with Crippen LogP contribution in [-0.4, -0.2) is 54.7 Å². The number of ether oxygens (including phenoxy) is 1. The zero-order valence-corrected chi connectivity index (χ0v) is 16.8. The summed E-state index contributed by atoms with van der Waals surface area (Å²) in [5, 5.41) is 4.17. The average Bonchev–Trinajstić information content (AvgIpc) is 2.70. The molecule has 0 saturated carbocycles. The fourth-order valence-electron chi connectivity index (χ4n) is 3.13. The van der Waals surface area contributed by atoms with Gasteiger partial charge >= 0.3 is 0 Å². The molecule has 27 heavy (non-hydrogen) atoms. The van der Waals surface area contributed by atoms with E-state index in [9.17, 15) is 0 Å². The Labute approximate surface area is 167 Å². The van der Waals surface area contributed by atoms with Gasteiger partial charge in [-0.15, -0.1) is 0 Å². The molecule has 1 N–H and O–H groups in total. The van der Waals surface area contributed by atoms with Gasteiger partial charge < -0.3 is 15.0 Å². The smallest absolute Gasteiger partial charge is 0.173 e. The van der Waals surface area contributed by atoms with Gasteiger partial charge in [-0.2, -0.15) is 0 Å². The lowest BCUT2D eigenvalue weighted by Crippen LogP contribution is -2.49. The van der Waals surface area contributed by atoms with Crippen molar-refractivity contribution in [3.63, 3.8) is 0 Å². The Kier molecular flexibility index (Phi) is 6.85. The van der Waals surface area contributed by atoms with Gasteiger partial charge in [0.2, 0.25) is 0 Å². The minimum Gasteiger partial charge on any atom is -0.497 e. The van der Waals surface area contributed by atoms with Gasteiger partial charge in [-0.1, -0.05) is 42.5 Å². The molecule has 0 aromatic heterocycles. The van der Waals surface area contributed by atoms with Gasteiger partial charge in [-0.05, 0) is 48.5 Å². The quantitative estimate of drug-likeness (QED) is 0.790. The molecule has 1 fully saturated rings. The number of anilines is 1. The molecule has 0 bridgehead atoms. The van der Waals surface area contributed by atoms with E-state index >= 15 is 0 Å². The summed E-state index contributed by atoms with van der Waals surface area (Å²) in [5.74, 6) is 0.862. The Morgan fingerprint density at radius 3 is 2.52 bits per heavy atom. The summed E-state index contributed by atoms with van der Waals surface area (Å²) in [5.41, 5.74) is 3.41. The summed E-state index contributed by atoms with van der Waals surface area (Å²) in [7, 11) is 1.68. The Morgan fingerprint density at radius 2 is 1.85 bits per heavy atom. The third kappa shape index (κ3) is 5.55. The third-order valence-electron chi connectivity index (χ3n) is 4.81. The second-order valence-electron chi connectivity index (χ2n) is 6.71. The molecule has 2 aromatic rings. The van der Waals surface area contributed by atoms with Crippen molar-refractivity contribution in [2.24, 2.45) is 0 Å². The Balaban J connectivity index is 1.46. The summed E-state index contributed by atoms with van der Waals surface area (Å²) in [4.78, 5) is 4.70. The molecular weight excluding hydrogens is 354 g/mol. The van der Waals surface area contributed by atoms with Crippen LogP contribution in [0.4, 0.5) is 5.69 Å². The molecule has 0 atom stereocenters. The first-order valence-electron chi connectivity index (χ1n) is 9.30. The second kappa shape index (κ2) is 9.53. The van der Waals surface area contributed by atoms with Crippen LogP contribution in [0.3, 0.4) is 0 Å². The molecule has 2 aromatic carbocycles. The van der Waals surface area contributed by atoms with Gasteiger partial charge in [0.15, 0.2) is 5.11 Å². The van der Waals surface area contributed by atoms with E-state index in [0.29, 0.717) is 0 Å². The molecule has 0 radical (unpaired) electrons. The molecule has 1 heterocycles. The largest absolute Gasteiger partial charge is 0.497 e. The van der Waals surface area contributed by atoms with Crippen molar-refractivity contribution >= 4 is 29.1 Å².